The summed E-state index contributed by atoms with van der Waals surface area (Å²) >= 11 is 0. The topological polar surface area (TPSA) is 84.9 Å². The molecule has 0 aromatic heterocycles. The van der Waals surface area contributed by atoms with Gasteiger partial charge in [-0.05, 0) is 37.6 Å². The third-order valence-corrected chi connectivity index (χ3v) is 6.11. The van der Waals surface area contributed by atoms with E-state index in [1.807, 2.05) is 36.9 Å². The first-order chi connectivity index (χ1) is 12.4. The van der Waals surface area contributed by atoms with Crippen LogP contribution in [0.4, 0.5) is 0 Å². The van der Waals surface area contributed by atoms with Gasteiger partial charge in [-0.25, -0.2) is 8.42 Å². The van der Waals surface area contributed by atoms with Gasteiger partial charge in [0.1, 0.15) is 0 Å². The van der Waals surface area contributed by atoms with Crippen LogP contribution in [0.2, 0.25) is 0 Å². The molecule has 0 radical (unpaired) electrons. The van der Waals surface area contributed by atoms with Crippen molar-refractivity contribution in [1.82, 2.24) is 10.2 Å². The lowest BCUT2D eigenvalue weighted by Gasteiger charge is -2.22. The van der Waals surface area contributed by atoms with Crippen molar-refractivity contribution in [2.75, 3.05) is 38.3 Å². The fourth-order valence-electron chi connectivity index (χ4n) is 3.01. The maximum Gasteiger partial charge on any atom is 0.234 e. The zero-order chi connectivity index (χ0) is 19.2. The van der Waals surface area contributed by atoms with E-state index in [0.717, 1.165) is 5.56 Å². The maximum absolute atomic E-state index is 12.2. The molecule has 0 saturated carbocycles. The van der Waals surface area contributed by atoms with E-state index in [0.29, 0.717) is 37.6 Å². The van der Waals surface area contributed by atoms with Crippen LogP contribution in [0.3, 0.4) is 0 Å². The minimum Gasteiger partial charge on any atom is -0.493 e. The van der Waals surface area contributed by atoms with E-state index < -0.39 is 9.84 Å². The summed E-state index contributed by atoms with van der Waals surface area (Å²) in [6.45, 7) is 5.98. The third-order valence-electron chi connectivity index (χ3n) is 4.35. The van der Waals surface area contributed by atoms with E-state index >= 15 is 0 Å². The Labute approximate surface area is 155 Å². The number of hydrogen-bond donors (Lipinski definition) is 1. The number of sulfone groups is 1. The highest BCUT2D eigenvalue weighted by molar-refractivity contribution is 7.91. The summed E-state index contributed by atoms with van der Waals surface area (Å²) in [6.07, 6.45) is 0.496. The smallest absolute Gasteiger partial charge is 0.234 e. The van der Waals surface area contributed by atoms with Crippen LogP contribution in [-0.2, 0) is 21.2 Å². The van der Waals surface area contributed by atoms with E-state index in [9.17, 15) is 13.2 Å². The second-order valence-corrected chi connectivity index (χ2v) is 8.62. The van der Waals surface area contributed by atoms with Gasteiger partial charge in [0.2, 0.25) is 5.91 Å². The summed E-state index contributed by atoms with van der Waals surface area (Å²) in [5.41, 5.74) is 1.02. The number of carbonyl (C=O) groups excluding carboxylic acids is 1. The Hall–Kier alpha value is -1.80. The van der Waals surface area contributed by atoms with Crippen molar-refractivity contribution in [1.29, 1.82) is 0 Å². The van der Waals surface area contributed by atoms with Gasteiger partial charge in [-0.3, -0.25) is 9.69 Å². The van der Waals surface area contributed by atoms with Gasteiger partial charge in [-0.1, -0.05) is 13.0 Å². The quantitative estimate of drug-likeness (QED) is 0.689. The molecule has 1 aromatic carbocycles. The Morgan fingerprint density at radius 3 is 2.65 bits per heavy atom. The molecule has 1 amide bonds. The number of benzene rings is 1. The second kappa shape index (κ2) is 9.23. The van der Waals surface area contributed by atoms with Crippen molar-refractivity contribution in [3.8, 4) is 11.5 Å². The first kappa shape index (κ1) is 20.5. The molecule has 1 aromatic rings. The Kier molecular flexibility index (Phi) is 7.28. The third kappa shape index (κ3) is 5.88. The normalized spacial score (nSPS) is 18.7. The van der Waals surface area contributed by atoms with Crippen molar-refractivity contribution in [3.05, 3.63) is 23.8 Å². The van der Waals surface area contributed by atoms with Crippen LogP contribution in [0.1, 0.15) is 25.8 Å². The van der Waals surface area contributed by atoms with Gasteiger partial charge in [0.15, 0.2) is 21.3 Å². The number of nitrogens with zero attached hydrogens (tertiary/aromatic N) is 1. The van der Waals surface area contributed by atoms with Gasteiger partial charge in [-0.15, -0.1) is 0 Å². The largest absolute Gasteiger partial charge is 0.493 e. The first-order valence-corrected chi connectivity index (χ1v) is 10.7. The standard InChI is InChI=1S/C18H28N2O5S/c1-4-20(12-18(21)19-15-8-9-26(22,23)13-15)11-14-6-7-16(25-5-2)17(10-14)24-3/h6-7,10,15H,4-5,8-9,11-13H2,1-3H3,(H,19,21). The number of nitrogens with one attached hydrogen (secondary N) is 1. The monoisotopic (exact) mass is 384 g/mol. The molecule has 1 unspecified atom stereocenters. The SMILES string of the molecule is CCOc1ccc(CN(CC)CC(=O)NC2CCS(=O)(=O)C2)cc1OC. The van der Waals surface area contributed by atoms with Crippen LogP contribution in [0.25, 0.3) is 0 Å². The summed E-state index contributed by atoms with van der Waals surface area (Å²) in [5, 5.41) is 2.83. The summed E-state index contributed by atoms with van der Waals surface area (Å²) in [5.74, 6) is 1.41. The zero-order valence-corrected chi connectivity index (χ0v) is 16.5. The van der Waals surface area contributed by atoms with Crippen LogP contribution in [0.15, 0.2) is 18.2 Å². The molecule has 1 saturated heterocycles. The second-order valence-electron chi connectivity index (χ2n) is 6.39. The van der Waals surface area contributed by atoms with E-state index in [4.69, 9.17) is 9.47 Å². The molecule has 1 aliphatic heterocycles. The predicted molar refractivity (Wildman–Crippen MR) is 100 cm³/mol. The Morgan fingerprint density at radius 2 is 2.08 bits per heavy atom. The molecule has 0 aliphatic carbocycles. The Balaban J connectivity index is 1.93. The van der Waals surface area contributed by atoms with Crippen molar-refractivity contribution >= 4 is 15.7 Å². The Bertz CT molecular complexity index is 720. The molecule has 1 heterocycles. The molecule has 146 valence electrons. The summed E-state index contributed by atoms with van der Waals surface area (Å²) in [7, 11) is -1.39. The van der Waals surface area contributed by atoms with Crippen LogP contribution in [0.5, 0.6) is 11.5 Å². The number of ether oxygens (including phenoxy) is 2. The zero-order valence-electron chi connectivity index (χ0n) is 15.7. The highest BCUT2D eigenvalue weighted by Gasteiger charge is 2.29. The van der Waals surface area contributed by atoms with Crippen molar-refractivity contribution in [2.24, 2.45) is 0 Å². The lowest BCUT2D eigenvalue weighted by molar-refractivity contribution is -0.122. The molecular formula is C18H28N2O5S. The molecule has 1 N–H and O–H groups in total. The summed E-state index contributed by atoms with van der Waals surface area (Å²) < 4.78 is 33.9. The van der Waals surface area contributed by atoms with E-state index in [-0.39, 0.29) is 30.0 Å². The van der Waals surface area contributed by atoms with Crippen LogP contribution >= 0.6 is 0 Å². The minimum atomic E-state index is -2.99. The van der Waals surface area contributed by atoms with Crippen molar-refractivity contribution in [2.45, 2.75) is 32.9 Å². The predicted octanol–water partition coefficient (Wildman–Crippen LogP) is 1.22. The van der Waals surface area contributed by atoms with E-state index in [1.54, 1.807) is 7.11 Å². The van der Waals surface area contributed by atoms with E-state index in [2.05, 4.69) is 5.32 Å². The van der Waals surface area contributed by atoms with Gasteiger partial charge < -0.3 is 14.8 Å². The molecule has 1 fully saturated rings. The van der Waals surface area contributed by atoms with Gasteiger partial charge in [-0.2, -0.15) is 0 Å². The van der Waals surface area contributed by atoms with Crippen LogP contribution < -0.4 is 14.8 Å². The molecule has 26 heavy (non-hydrogen) atoms. The fraction of sp³-hybridized carbons (Fsp3) is 0.611. The lowest BCUT2D eigenvalue weighted by atomic mass is 10.2. The maximum atomic E-state index is 12.2. The fourth-order valence-corrected chi connectivity index (χ4v) is 4.68. The summed E-state index contributed by atoms with van der Waals surface area (Å²) in [4.78, 5) is 14.2. The highest BCUT2D eigenvalue weighted by atomic mass is 32.2. The number of amides is 1. The van der Waals surface area contributed by atoms with Crippen molar-refractivity contribution in [3.63, 3.8) is 0 Å². The van der Waals surface area contributed by atoms with Crippen LogP contribution in [0, 0.1) is 0 Å². The summed E-state index contributed by atoms with van der Waals surface area (Å²) in [6, 6.07) is 5.47. The number of likely N-dealkylation sites (N-methyl/N-ethyl adjacent to an activating group) is 1. The average Bonchev–Trinajstić information content (AvgIpc) is 2.94. The number of methoxy groups -OCH3 is 1. The molecule has 8 heteroatoms. The molecule has 7 nitrogen and oxygen atoms in total. The lowest BCUT2D eigenvalue weighted by Crippen LogP contribution is -2.42. The van der Waals surface area contributed by atoms with Gasteiger partial charge >= 0.3 is 0 Å². The molecule has 0 bridgehead atoms. The van der Waals surface area contributed by atoms with Gasteiger partial charge in [0.05, 0.1) is 31.8 Å². The van der Waals surface area contributed by atoms with Gasteiger partial charge in [0, 0.05) is 12.6 Å². The van der Waals surface area contributed by atoms with Crippen LogP contribution in [-0.4, -0.2) is 63.6 Å². The molecular weight excluding hydrogens is 356 g/mol. The van der Waals surface area contributed by atoms with Gasteiger partial charge in [0.25, 0.3) is 0 Å². The molecule has 1 aliphatic rings. The number of rotatable bonds is 9. The molecule has 1 atom stereocenters. The number of hydrogen-bond acceptors (Lipinski definition) is 6. The van der Waals surface area contributed by atoms with Crippen molar-refractivity contribution < 1.29 is 22.7 Å². The average molecular weight is 384 g/mol. The van der Waals surface area contributed by atoms with E-state index in [1.165, 1.54) is 0 Å². The Morgan fingerprint density at radius 1 is 1.31 bits per heavy atom. The molecule has 0 spiro atoms. The number of carbonyl (C=O) groups is 1. The minimum absolute atomic E-state index is 0.0426. The highest BCUT2D eigenvalue weighted by Crippen LogP contribution is 2.28. The first-order valence-electron chi connectivity index (χ1n) is 8.88. The molecule has 2 rings (SSSR count).